The lowest BCUT2D eigenvalue weighted by molar-refractivity contribution is 0.0955. The van der Waals surface area contributed by atoms with Crippen LogP contribution in [0.4, 0.5) is 5.69 Å². The number of methoxy groups -OCH3 is 1. The first-order valence-electron chi connectivity index (χ1n) is 6.93. The van der Waals surface area contributed by atoms with E-state index in [9.17, 15) is 9.59 Å². The van der Waals surface area contributed by atoms with Gasteiger partial charge in [-0.1, -0.05) is 11.6 Å². The van der Waals surface area contributed by atoms with Crippen molar-refractivity contribution in [2.24, 2.45) is 0 Å². The number of hydrogen-bond acceptors (Lipinski definition) is 4. The highest BCUT2D eigenvalue weighted by Gasteiger charge is 2.20. The number of hydrogen-bond donors (Lipinski definition) is 2. The topological polar surface area (TPSA) is 85.3 Å². The van der Waals surface area contributed by atoms with Crippen LogP contribution in [0.5, 0.6) is 0 Å². The number of benzene rings is 1. The molecule has 0 saturated heterocycles. The predicted molar refractivity (Wildman–Crippen MR) is 94.5 cm³/mol. The summed E-state index contributed by atoms with van der Waals surface area (Å²) in [4.78, 5) is 24.7. The van der Waals surface area contributed by atoms with Crippen molar-refractivity contribution < 1.29 is 14.3 Å². The Balaban J connectivity index is 2.41. The van der Waals surface area contributed by atoms with Crippen LogP contribution in [0.3, 0.4) is 0 Å². The predicted octanol–water partition coefficient (Wildman–Crippen LogP) is 2.82. The molecule has 2 aromatic rings. The summed E-state index contributed by atoms with van der Waals surface area (Å²) in [6, 6.07) is 4.75. The lowest BCUT2D eigenvalue weighted by atomic mass is 10.1. The summed E-state index contributed by atoms with van der Waals surface area (Å²) >= 11 is 9.25. The molecule has 0 aliphatic rings. The van der Waals surface area contributed by atoms with Gasteiger partial charge in [0.2, 0.25) is 0 Å². The fourth-order valence-electron chi connectivity index (χ4n) is 2.19. The summed E-state index contributed by atoms with van der Waals surface area (Å²) in [6.07, 6.45) is 0. The Bertz CT molecular complexity index is 791. The fourth-order valence-corrected chi connectivity index (χ4v) is 2.87. The van der Waals surface area contributed by atoms with Crippen molar-refractivity contribution in [3.05, 3.63) is 44.6 Å². The molecular formula is C15H16BrClN4O3. The highest BCUT2D eigenvalue weighted by molar-refractivity contribution is 9.10. The molecule has 24 heavy (non-hydrogen) atoms. The molecule has 0 spiro atoms. The number of carbonyl (C=O) groups excluding carboxylic acids is 2. The molecule has 0 aliphatic heterocycles. The Morgan fingerprint density at radius 1 is 1.33 bits per heavy atom. The molecule has 1 heterocycles. The van der Waals surface area contributed by atoms with Gasteiger partial charge in [-0.15, -0.1) is 0 Å². The Labute approximate surface area is 152 Å². The molecule has 2 amide bonds. The molecule has 0 radical (unpaired) electrons. The van der Waals surface area contributed by atoms with E-state index in [1.807, 2.05) is 0 Å². The number of aromatic nitrogens is 2. The van der Waals surface area contributed by atoms with Crippen molar-refractivity contribution in [2.75, 3.05) is 19.5 Å². The first kappa shape index (κ1) is 18.4. The average molecular weight is 416 g/mol. The number of nitrogens with zero attached hydrogens (tertiary/aromatic N) is 2. The SMILES string of the molecule is CNC(=O)c1cc(Cl)cc(C)c1NC(=O)c1cc(Br)nn1COC. The molecule has 0 fully saturated rings. The van der Waals surface area contributed by atoms with Gasteiger partial charge < -0.3 is 15.4 Å². The number of carbonyl (C=O) groups is 2. The second kappa shape index (κ2) is 7.78. The lowest BCUT2D eigenvalue weighted by Gasteiger charge is -2.14. The van der Waals surface area contributed by atoms with Gasteiger partial charge in [0.05, 0.1) is 11.3 Å². The second-order valence-electron chi connectivity index (χ2n) is 4.95. The van der Waals surface area contributed by atoms with E-state index in [-0.39, 0.29) is 18.2 Å². The third kappa shape index (κ3) is 3.95. The van der Waals surface area contributed by atoms with Crippen LogP contribution in [0.2, 0.25) is 5.02 Å². The summed E-state index contributed by atoms with van der Waals surface area (Å²) < 4.78 is 6.93. The molecule has 0 bridgehead atoms. The molecular weight excluding hydrogens is 400 g/mol. The molecule has 0 saturated carbocycles. The summed E-state index contributed by atoms with van der Waals surface area (Å²) in [5.41, 5.74) is 1.64. The minimum absolute atomic E-state index is 0.121. The van der Waals surface area contributed by atoms with Crippen LogP contribution in [0.15, 0.2) is 22.8 Å². The smallest absolute Gasteiger partial charge is 0.274 e. The highest BCUT2D eigenvalue weighted by Crippen LogP contribution is 2.26. The van der Waals surface area contributed by atoms with E-state index < -0.39 is 5.91 Å². The first-order chi connectivity index (χ1) is 11.4. The summed E-state index contributed by atoms with van der Waals surface area (Å²) in [5, 5.41) is 9.82. The molecule has 128 valence electrons. The Morgan fingerprint density at radius 3 is 2.67 bits per heavy atom. The van der Waals surface area contributed by atoms with Gasteiger partial charge in [0.1, 0.15) is 17.0 Å². The zero-order chi connectivity index (χ0) is 17.9. The van der Waals surface area contributed by atoms with E-state index in [1.54, 1.807) is 19.1 Å². The van der Waals surface area contributed by atoms with Crippen LogP contribution in [0.25, 0.3) is 0 Å². The van der Waals surface area contributed by atoms with Crippen LogP contribution in [0.1, 0.15) is 26.4 Å². The maximum absolute atomic E-state index is 12.6. The highest BCUT2D eigenvalue weighted by atomic mass is 79.9. The lowest BCUT2D eigenvalue weighted by Crippen LogP contribution is -2.24. The number of rotatable bonds is 5. The van der Waals surface area contributed by atoms with Crippen molar-refractivity contribution in [1.82, 2.24) is 15.1 Å². The molecule has 7 nitrogen and oxygen atoms in total. The molecule has 1 aromatic carbocycles. The van der Waals surface area contributed by atoms with Crippen LogP contribution in [0, 0.1) is 6.92 Å². The number of nitrogens with one attached hydrogen (secondary N) is 2. The normalized spacial score (nSPS) is 10.5. The zero-order valence-electron chi connectivity index (χ0n) is 13.3. The number of halogens is 2. The Hall–Kier alpha value is -1.90. The van der Waals surface area contributed by atoms with E-state index >= 15 is 0 Å². The number of aryl methyl sites for hydroxylation is 1. The van der Waals surface area contributed by atoms with Crippen molar-refractivity contribution in [3.63, 3.8) is 0 Å². The van der Waals surface area contributed by atoms with Gasteiger partial charge in [-0.3, -0.25) is 9.59 Å². The third-order valence-electron chi connectivity index (χ3n) is 3.24. The van der Waals surface area contributed by atoms with E-state index in [2.05, 4.69) is 31.7 Å². The summed E-state index contributed by atoms with van der Waals surface area (Å²) in [5.74, 6) is -0.761. The van der Waals surface area contributed by atoms with Gasteiger partial charge in [-0.2, -0.15) is 5.10 Å². The number of ether oxygens (including phenoxy) is 1. The van der Waals surface area contributed by atoms with Crippen molar-refractivity contribution in [2.45, 2.75) is 13.7 Å². The maximum Gasteiger partial charge on any atom is 0.274 e. The number of anilines is 1. The molecule has 1 aromatic heterocycles. The average Bonchev–Trinajstić information content (AvgIpc) is 2.90. The van der Waals surface area contributed by atoms with Gasteiger partial charge in [0.25, 0.3) is 11.8 Å². The monoisotopic (exact) mass is 414 g/mol. The van der Waals surface area contributed by atoms with Crippen LogP contribution in [-0.2, 0) is 11.5 Å². The van der Waals surface area contributed by atoms with Gasteiger partial charge in [0, 0.05) is 25.2 Å². The fraction of sp³-hybridized carbons (Fsp3) is 0.267. The van der Waals surface area contributed by atoms with E-state index in [1.165, 1.54) is 24.9 Å². The molecule has 9 heteroatoms. The van der Waals surface area contributed by atoms with Gasteiger partial charge in [-0.25, -0.2) is 4.68 Å². The van der Waals surface area contributed by atoms with Gasteiger partial charge in [0.15, 0.2) is 0 Å². The second-order valence-corrected chi connectivity index (χ2v) is 6.20. The minimum Gasteiger partial charge on any atom is -0.362 e. The Kier molecular flexibility index (Phi) is 5.98. The maximum atomic E-state index is 12.6. The molecule has 0 aliphatic carbocycles. The van der Waals surface area contributed by atoms with Crippen molar-refractivity contribution in [1.29, 1.82) is 0 Å². The third-order valence-corrected chi connectivity index (χ3v) is 3.85. The van der Waals surface area contributed by atoms with Gasteiger partial charge in [-0.05, 0) is 40.5 Å². The van der Waals surface area contributed by atoms with E-state index in [0.29, 0.717) is 26.6 Å². The van der Waals surface area contributed by atoms with E-state index in [4.69, 9.17) is 16.3 Å². The largest absolute Gasteiger partial charge is 0.362 e. The van der Waals surface area contributed by atoms with Crippen molar-refractivity contribution in [3.8, 4) is 0 Å². The molecule has 0 unspecified atom stereocenters. The summed E-state index contributed by atoms with van der Waals surface area (Å²) in [7, 11) is 3.01. The molecule has 2 N–H and O–H groups in total. The first-order valence-corrected chi connectivity index (χ1v) is 8.10. The van der Waals surface area contributed by atoms with Gasteiger partial charge >= 0.3 is 0 Å². The molecule has 0 atom stereocenters. The zero-order valence-corrected chi connectivity index (χ0v) is 15.7. The van der Waals surface area contributed by atoms with Crippen LogP contribution < -0.4 is 10.6 Å². The molecule has 2 rings (SSSR count). The summed E-state index contributed by atoms with van der Waals surface area (Å²) in [6.45, 7) is 1.88. The Morgan fingerprint density at radius 2 is 2.04 bits per heavy atom. The number of amides is 2. The van der Waals surface area contributed by atoms with Crippen LogP contribution >= 0.6 is 27.5 Å². The standard InChI is InChI=1S/C15H16BrClN4O3/c1-8-4-9(17)5-10(14(22)18-2)13(8)19-15(23)11-6-12(16)20-21(11)7-24-3/h4-6H,7H2,1-3H3,(H,18,22)(H,19,23). The van der Waals surface area contributed by atoms with E-state index in [0.717, 1.165) is 0 Å². The van der Waals surface area contributed by atoms with Crippen molar-refractivity contribution >= 4 is 45.0 Å². The minimum atomic E-state index is -0.416. The quantitative estimate of drug-likeness (QED) is 0.786. The van der Waals surface area contributed by atoms with Crippen LogP contribution in [-0.4, -0.2) is 35.8 Å².